The topological polar surface area (TPSA) is 105 Å². The normalized spacial score (nSPS) is 11.7. The average Bonchev–Trinajstić information content (AvgIpc) is 2.78. The van der Waals surface area contributed by atoms with Crippen LogP contribution in [0.15, 0.2) is 0 Å². The minimum atomic E-state index is -0.795. The quantitative estimate of drug-likeness (QED) is 0.104. The summed E-state index contributed by atoms with van der Waals surface area (Å²) < 4.78 is 20.5. The SMILES string of the molecule is CCCCCCCCC(CCCCCCCCC(=O)OC(COC(C)=O)COC(C)=O)OC(C)=O. The van der Waals surface area contributed by atoms with E-state index >= 15 is 0 Å². The predicted octanol–water partition coefficient (Wildman–Crippen LogP) is 5.83. The largest absolute Gasteiger partial charge is 0.463 e. The molecule has 0 bridgehead atoms. The number of hydrogen-bond donors (Lipinski definition) is 0. The van der Waals surface area contributed by atoms with Crippen LogP contribution in [0.4, 0.5) is 0 Å². The molecule has 8 nitrogen and oxygen atoms in total. The molecule has 0 fully saturated rings. The molecule has 0 rings (SSSR count). The molecule has 0 heterocycles. The summed E-state index contributed by atoms with van der Waals surface area (Å²) >= 11 is 0. The molecule has 0 aromatic heterocycles. The van der Waals surface area contributed by atoms with Gasteiger partial charge in [0.1, 0.15) is 19.3 Å². The van der Waals surface area contributed by atoms with Gasteiger partial charge in [-0.2, -0.15) is 0 Å². The van der Waals surface area contributed by atoms with E-state index in [4.69, 9.17) is 18.9 Å². The second-order valence-electron chi connectivity index (χ2n) is 9.16. The number of esters is 4. The summed E-state index contributed by atoms with van der Waals surface area (Å²) in [7, 11) is 0. The first-order chi connectivity index (χ1) is 16.7. The van der Waals surface area contributed by atoms with Crippen LogP contribution in [-0.4, -0.2) is 49.3 Å². The zero-order valence-corrected chi connectivity index (χ0v) is 22.4. The van der Waals surface area contributed by atoms with Crippen molar-refractivity contribution in [1.29, 1.82) is 0 Å². The van der Waals surface area contributed by atoms with Crippen LogP contribution < -0.4 is 0 Å². The van der Waals surface area contributed by atoms with Crippen LogP contribution in [0.5, 0.6) is 0 Å². The highest BCUT2D eigenvalue weighted by Crippen LogP contribution is 2.17. The van der Waals surface area contributed by atoms with Gasteiger partial charge in [0, 0.05) is 27.2 Å². The molecule has 0 saturated heterocycles. The van der Waals surface area contributed by atoms with Crippen LogP contribution in [0.25, 0.3) is 0 Å². The van der Waals surface area contributed by atoms with Crippen molar-refractivity contribution in [1.82, 2.24) is 0 Å². The van der Waals surface area contributed by atoms with Crippen LogP contribution in [0.3, 0.4) is 0 Å². The molecule has 8 heteroatoms. The van der Waals surface area contributed by atoms with Crippen molar-refractivity contribution in [3.05, 3.63) is 0 Å². The Morgan fingerprint density at radius 3 is 1.46 bits per heavy atom. The molecule has 0 radical (unpaired) electrons. The van der Waals surface area contributed by atoms with Crippen LogP contribution >= 0.6 is 0 Å². The fourth-order valence-electron chi connectivity index (χ4n) is 3.78. The molecule has 1 unspecified atom stereocenters. The molecular formula is C27H48O8. The molecule has 0 N–H and O–H groups in total. The van der Waals surface area contributed by atoms with Gasteiger partial charge in [-0.25, -0.2) is 0 Å². The van der Waals surface area contributed by atoms with Gasteiger partial charge in [-0.3, -0.25) is 19.2 Å². The van der Waals surface area contributed by atoms with Gasteiger partial charge in [0.2, 0.25) is 0 Å². The third-order valence-corrected chi connectivity index (χ3v) is 5.61. The second-order valence-corrected chi connectivity index (χ2v) is 9.16. The van der Waals surface area contributed by atoms with Gasteiger partial charge in [-0.15, -0.1) is 0 Å². The van der Waals surface area contributed by atoms with Gasteiger partial charge in [0.05, 0.1) is 0 Å². The van der Waals surface area contributed by atoms with Crippen molar-refractivity contribution < 1.29 is 38.1 Å². The number of carbonyl (C=O) groups is 4. The molecule has 0 aliphatic heterocycles. The van der Waals surface area contributed by atoms with Gasteiger partial charge in [0.15, 0.2) is 6.10 Å². The van der Waals surface area contributed by atoms with Gasteiger partial charge in [-0.05, 0) is 32.1 Å². The van der Waals surface area contributed by atoms with Crippen molar-refractivity contribution in [2.45, 2.75) is 136 Å². The highest BCUT2D eigenvalue weighted by Gasteiger charge is 2.18. The molecule has 0 aliphatic carbocycles. The lowest BCUT2D eigenvalue weighted by molar-refractivity contribution is -0.165. The Morgan fingerprint density at radius 1 is 0.543 bits per heavy atom. The van der Waals surface area contributed by atoms with E-state index in [1.807, 2.05) is 0 Å². The standard InChI is InChI=1S/C27H48O8/c1-5-6-7-8-11-14-17-25(34-24(4)30)18-15-12-9-10-13-16-19-27(31)35-26(20-32-22(2)28)21-33-23(3)29/h25-26H,5-21H2,1-4H3. The Morgan fingerprint density at radius 2 is 1.00 bits per heavy atom. The number of ether oxygens (including phenoxy) is 4. The van der Waals surface area contributed by atoms with Gasteiger partial charge >= 0.3 is 23.9 Å². The van der Waals surface area contributed by atoms with Crippen molar-refractivity contribution in [3.8, 4) is 0 Å². The maximum Gasteiger partial charge on any atom is 0.306 e. The molecule has 1 atom stereocenters. The number of rotatable bonds is 22. The monoisotopic (exact) mass is 500 g/mol. The minimum Gasteiger partial charge on any atom is -0.463 e. The fourth-order valence-corrected chi connectivity index (χ4v) is 3.78. The molecular weight excluding hydrogens is 452 g/mol. The van der Waals surface area contributed by atoms with Crippen molar-refractivity contribution in [3.63, 3.8) is 0 Å². The third kappa shape index (κ3) is 23.4. The van der Waals surface area contributed by atoms with E-state index in [9.17, 15) is 19.2 Å². The van der Waals surface area contributed by atoms with Gasteiger partial charge in [0.25, 0.3) is 0 Å². The van der Waals surface area contributed by atoms with E-state index in [2.05, 4.69) is 6.92 Å². The van der Waals surface area contributed by atoms with E-state index in [1.165, 1.54) is 52.9 Å². The molecule has 0 spiro atoms. The summed E-state index contributed by atoms with van der Waals surface area (Å²) in [6.07, 6.45) is 14.6. The van der Waals surface area contributed by atoms with E-state index in [-0.39, 0.29) is 31.7 Å². The van der Waals surface area contributed by atoms with Crippen LogP contribution in [0.1, 0.15) is 124 Å². The maximum absolute atomic E-state index is 12.1. The van der Waals surface area contributed by atoms with E-state index in [1.54, 1.807) is 0 Å². The molecule has 0 aromatic carbocycles. The molecule has 204 valence electrons. The predicted molar refractivity (Wildman–Crippen MR) is 134 cm³/mol. The first kappa shape index (κ1) is 32.9. The lowest BCUT2D eigenvalue weighted by atomic mass is 10.0. The lowest BCUT2D eigenvalue weighted by Crippen LogP contribution is -2.30. The van der Waals surface area contributed by atoms with E-state index in [0.717, 1.165) is 51.4 Å². The summed E-state index contributed by atoms with van der Waals surface area (Å²) in [6.45, 7) is 5.94. The fraction of sp³-hybridized carbons (Fsp3) is 0.852. The Hall–Kier alpha value is -2.12. The number of carbonyl (C=O) groups excluding carboxylic acids is 4. The average molecular weight is 501 g/mol. The maximum atomic E-state index is 12.1. The summed E-state index contributed by atoms with van der Waals surface area (Å²) in [5, 5.41) is 0. The van der Waals surface area contributed by atoms with Gasteiger partial charge in [-0.1, -0.05) is 64.7 Å². The highest BCUT2D eigenvalue weighted by atomic mass is 16.6. The zero-order chi connectivity index (χ0) is 26.3. The Labute approximate surface area is 211 Å². The van der Waals surface area contributed by atoms with E-state index in [0.29, 0.717) is 6.42 Å². The first-order valence-electron chi connectivity index (χ1n) is 13.4. The first-order valence-corrected chi connectivity index (χ1v) is 13.4. The van der Waals surface area contributed by atoms with Crippen LogP contribution in [-0.2, 0) is 38.1 Å². The van der Waals surface area contributed by atoms with Crippen LogP contribution in [0.2, 0.25) is 0 Å². The van der Waals surface area contributed by atoms with Crippen molar-refractivity contribution in [2.75, 3.05) is 13.2 Å². The number of unbranched alkanes of at least 4 members (excludes halogenated alkanes) is 10. The number of hydrogen-bond acceptors (Lipinski definition) is 8. The highest BCUT2D eigenvalue weighted by molar-refractivity contribution is 5.70. The van der Waals surface area contributed by atoms with Gasteiger partial charge < -0.3 is 18.9 Å². The van der Waals surface area contributed by atoms with Crippen molar-refractivity contribution >= 4 is 23.9 Å². The smallest absolute Gasteiger partial charge is 0.306 e. The molecule has 0 saturated carbocycles. The van der Waals surface area contributed by atoms with Crippen LogP contribution in [0, 0.1) is 0 Å². The Balaban J connectivity index is 3.96. The summed E-state index contributed by atoms with van der Waals surface area (Å²) in [5.74, 6) is -1.57. The zero-order valence-electron chi connectivity index (χ0n) is 22.4. The Bertz CT molecular complexity index is 572. The molecule has 0 aliphatic rings. The summed E-state index contributed by atoms with van der Waals surface area (Å²) in [6, 6.07) is 0. The third-order valence-electron chi connectivity index (χ3n) is 5.61. The summed E-state index contributed by atoms with van der Waals surface area (Å²) in [4.78, 5) is 45.4. The summed E-state index contributed by atoms with van der Waals surface area (Å²) in [5.41, 5.74) is 0. The second kappa shape index (κ2) is 22.4. The lowest BCUT2D eigenvalue weighted by Gasteiger charge is -2.17. The minimum absolute atomic E-state index is 0.0281. The van der Waals surface area contributed by atoms with E-state index < -0.39 is 24.0 Å². The molecule has 0 aromatic rings. The van der Waals surface area contributed by atoms with Crippen molar-refractivity contribution in [2.24, 2.45) is 0 Å². The Kier molecular flexibility index (Phi) is 21.0. The molecule has 35 heavy (non-hydrogen) atoms. The molecule has 0 amide bonds.